The summed E-state index contributed by atoms with van der Waals surface area (Å²) in [6.07, 6.45) is 4.29. The van der Waals surface area contributed by atoms with Crippen LogP contribution in [-0.4, -0.2) is 61.5 Å². The zero-order valence-electron chi connectivity index (χ0n) is 20.1. The number of carboxylic acids is 1. The van der Waals surface area contributed by atoms with Crippen LogP contribution in [0, 0.1) is 0 Å². The summed E-state index contributed by atoms with van der Waals surface area (Å²) in [6.45, 7) is 2.88. The van der Waals surface area contributed by atoms with E-state index in [1.54, 1.807) is 29.2 Å². The molecule has 9 heteroatoms. The fraction of sp³-hybridized carbons (Fsp3) is 0.333. The first-order chi connectivity index (χ1) is 17.3. The number of aromatic nitrogens is 2. The Morgan fingerprint density at radius 1 is 1.19 bits per heavy atom. The number of benzene rings is 2. The second kappa shape index (κ2) is 9.49. The molecular weight excluding hydrogens is 460 g/mol. The number of rotatable bonds is 9. The van der Waals surface area contributed by atoms with Crippen LogP contribution < -0.4 is 0 Å². The smallest absolute Gasteiger partial charge is 0.303 e. The number of H-pyrrole nitrogens is 1. The minimum atomic E-state index is -0.985. The van der Waals surface area contributed by atoms with Gasteiger partial charge in [-0.1, -0.05) is 36.4 Å². The number of hydrogen-bond donors (Lipinski definition) is 2. The van der Waals surface area contributed by atoms with Crippen molar-refractivity contribution in [3.8, 4) is 0 Å². The number of furan rings is 1. The van der Waals surface area contributed by atoms with E-state index in [2.05, 4.69) is 10.2 Å². The van der Waals surface area contributed by atoms with E-state index < -0.39 is 11.5 Å². The number of amides is 2. The Balaban J connectivity index is 1.34. The van der Waals surface area contributed by atoms with Crippen LogP contribution in [-0.2, 0) is 27.3 Å². The molecule has 1 aliphatic heterocycles. The quantitative estimate of drug-likeness (QED) is 0.370. The minimum absolute atomic E-state index is 0.0334. The third-order valence-electron chi connectivity index (χ3n) is 7.07. The average molecular weight is 489 g/mol. The van der Waals surface area contributed by atoms with Gasteiger partial charge >= 0.3 is 5.97 Å². The molecule has 36 heavy (non-hydrogen) atoms. The van der Waals surface area contributed by atoms with E-state index in [0.29, 0.717) is 31.7 Å². The largest absolute Gasteiger partial charge is 0.481 e. The highest BCUT2D eigenvalue weighted by molar-refractivity contribution is 5.95. The lowest BCUT2D eigenvalue weighted by molar-refractivity contribution is -0.164. The number of hydrogen-bond acceptors (Lipinski definition) is 5. The SMILES string of the molecule is CC1(C(=O)N(CCCC(=O)O)Cc2ccc3cn[nH]c3c2)CCN1C(=O)Cc1occ2ccccc12. The molecule has 4 aromatic rings. The maximum Gasteiger partial charge on any atom is 0.303 e. The number of aliphatic carboxylic acids is 1. The summed E-state index contributed by atoms with van der Waals surface area (Å²) >= 11 is 0. The molecule has 186 valence electrons. The third-order valence-corrected chi connectivity index (χ3v) is 7.07. The summed E-state index contributed by atoms with van der Waals surface area (Å²) < 4.78 is 5.66. The van der Waals surface area contributed by atoms with Crippen LogP contribution in [0.1, 0.15) is 37.5 Å². The highest BCUT2D eigenvalue weighted by Gasteiger charge is 2.51. The molecule has 9 nitrogen and oxygen atoms in total. The topological polar surface area (TPSA) is 120 Å². The van der Waals surface area contributed by atoms with Crippen molar-refractivity contribution < 1.29 is 23.9 Å². The summed E-state index contributed by atoms with van der Waals surface area (Å²) in [6, 6.07) is 13.5. The Labute approximate surface area is 207 Å². The summed E-state index contributed by atoms with van der Waals surface area (Å²) in [4.78, 5) is 41.5. The van der Waals surface area contributed by atoms with Crippen molar-refractivity contribution in [2.24, 2.45) is 0 Å². The molecule has 1 unspecified atom stereocenters. The highest BCUT2D eigenvalue weighted by Crippen LogP contribution is 2.34. The molecule has 0 aliphatic carbocycles. The zero-order valence-corrected chi connectivity index (χ0v) is 20.1. The molecule has 2 aromatic carbocycles. The summed E-state index contributed by atoms with van der Waals surface area (Å²) in [5, 5.41) is 18.9. The van der Waals surface area contributed by atoms with E-state index in [1.165, 1.54) is 0 Å². The van der Waals surface area contributed by atoms with Crippen LogP contribution >= 0.6 is 0 Å². The Hall–Kier alpha value is -4.14. The number of carbonyl (C=O) groups excluding carboxylic acids is 2. The van der Waals surface area contributed by atoms with Gasteiger partial charge in [-0.2, -0.15) is 5.10 Å². The number of nitrogens with one attached hydrogen (secondary N) is 1. The van der Waals surface area contributed by atoms with Gasteiger partial charge in [-0.05, 0) is 31.4 Å². The van der Waals surface area contributed by atoms with Gasteiger partial charge in [0.25, 0.3) is 0 Å². The van der Waals surface area contributed by atoms with Crippen molar-refractivity contribution >= 4 is 39.5 Å². The second-order valence-electron chi connectivity index (χ2n) is 9.51. The molecule has 1 fully saturated rings. The molecule has 2 amide bonds. The molecule has 0 radical (unpaired) electrons. The number of nitrogens with zero attached hydrogens (tertiary/aromatic N) is 3. The lowest BCUT2D eigenvalue weighted by Crippen LogP contribution is -2.68. The fourth-order valence-electron chi connectivity index (χ4n) is 4.92. The third kappa shape index (κ3) is 4.44. The van der Waals surface area contributed by atoms with Gasteiger partial charge in [0, 0.05) is 42.2 Å². The maximum atomic E-state index is 13.8. The van der Waals surface area contributed by atoms with Crippen LogP contribution in [0.25, 0.3) is 21.7 Å². The number of likely N-dealkylation sites (tertiary alicyclic amines) is 1. The number of aromatic amines is 1. The second-order valence-corrected chi connectivity index (χ2v) is 9.51. The van der Waals surface area contributed by atoms with Crippen LogP contribution in [0.5, 0.6) is 0 Å². The first-order valence-corrected chi connectivity index (χ1v) is 12.0. The number of fused-ring (bicyclic) bond motifs is 2. The Bertz CT molecular complexity index is 1440. The molecule has 0 spiro atoms. The van der Waals surface area contributed by atoms with Gasteiger partial charge in [0.05, 0.1) is 24.4 Å². The van der Waals surface area contributed by atoms with E-state index in [-0.39, 0.29) is 31.2 Å². The standard InChI is InChI=1S/C27H28N4O5/c1-27(10-12-31(27)24(32)14-23-21-6-3-2-5-20(21)17-36-23)26(35)30(11-4-7-25(33)34)16-18-8-9-19-15-28-29-22(19)13-18/h2-3,5-6,8-9,13,15,17H,4,7,10-12,14,16H2,1H3,(H,28,29)(H,33,34). The van der Waals surface area contributed by atoms with Crippen molar-refractivity contribution in [2.45, 2.75) is 44.7 Å². The molecule has 5 rings (SSSR count). The first kappa shape index (κ1) is 23.6. The van der Waals surface area contributed by atoms with E-state index in [4.69, 9.17) is 9.52 Å². The van der Waals surface area contributed by atoms with Gasteiger partial charge in [-0.3, -0.25) is 19.5 Å². The minimum Gasteiger partial charge on any atom is -0.481 e. The Kier molecular flexibility index (Phi) is 6.22. The first-order valence-electron chi connectivity index (χ1n) is 12.0. The van der Waals surface area contributed by atoms with Gasteiger partial charge < -0.3 is 19.3 Å². The maximum absolute atomic E-state index is 13.8. The Morgan fingerprint density at radius 2 is 2.03 bits per heavy atom. The van der Waals surface area contributed by atoms with Gasteiger partial charge in [0.2, 0.25) is 11.8 Å². The van der Waals surface area contributed by atoms with Crippen LogP contribution in [0.15, 0.2) is 59.3 Å². The highest BCUT2D eigenvalue weighted by atomic mass is 16.4. The molecule has 2 aromatic heterocycles. The zero-order chi connectivity index (χ0) is 25.3. The van der Waals surface area contributed by atoms with Crippen molar-refractivity contribution in [3.63, 3.8) is 0 Å². The van der Waals surface area contributed by atoms with E-state index in [0.717, 1.165) is 27.2 Å². The normalized spacial score (nSPS) is 17.3. The van der Waals surface area contributed by atoms with Gasteiger partial charge in [-0.25, -0.2) is 0 Å². The molecule has 2 N–H and O–H groups in total. The van der Waals surface area contributed by atoms with Crippen molar-refractivity contribution in [2.75, 3.05) is 13.1 Å². The summed E-state index contributed by atoms with van der Waals surface area (Å²) in [7, 11) is 0. The van der Waals surface area contributed by atoms with E-state index >= 15 is 0 Å². The van der Waals surface area contributed by atoms with Crippen molar-refractivity contribution in [1.29, 1.82) is 0 Å². The molecule has 3 heterocycles. The molecule has 0 saturated carbocycles. The van der Waals surface area contributed by atoms with Gasteiger partial charge in [0.1, 0.15) is 11.3 Å². The van der Waals surface area contributed by atoms with Crippen LogP contribution in [0.3, 0.4) is 0 Å². The summed E-state index contributed by atoms with van der Waals surface area (Å²) in [5.74, 6) is -0.662. The lowest BCUT2D eigenvalue weighted by Gasteiger charge is -2.51. The molecule has 0 bridgehead atoms. The van der Waals surface area contributed by atoms with E-state index in [1.807, 2.05) is 42.5 Å². The van der Waals surface area contributed by atoms with Crippen molar-refractivity contribution in [3.05, 3.63) is 66.2 Å². The van der Waals surface area contributed by atoms with Crippen LogP contribution in [0.2, 0.25) is 0 Å². The molecule has 1 aliphatic rings. The molecular formula is C27H28N4O5. The van der Waals surface area contributed by atoms with Crippen molar-refractivity contribution in [1.82, 2.24) is 20.0 Å². The van der Waals surface area contributed by atoms with Gasteiger partial charge in [-0.15, -0.1) is 0 Å². The number of carbonyl (C=O) groups is 3. The number of carboxylic acid groups (broad SMARTS) is 1. The van der Waals surface area contributed by atoms with Gasteiger partial charge in [0.15, 0.2) is 0 Å². The van der Waals surface area contributed by atoms with Crippen LogP contribution in [0.4, 0.5) is 0 Å². The molecule has 1 atom stereocenters. The predicted molar refractivity (Wildman–Crippen MR) is 133 cm³/mol. The predicted octanol–water partition coefficient (Wildman–Crippen LogP) is 3.74. The Morgan fingerprint density at radius 3 is 2.81 bits per heavy atom. The molecule has 1 saturated heterocycles. The monoisotopic (exact) mass is 488 g/mol. The average Bonchev–Trinajstić information content (AvgIpc) is 3.48. The summed E-state index contributed by atoms with van der Waals surface area (Å²) in [5.41, 5.74) is 0.780. The fourth-order valence-corrected chi connectivity index (χ4v) is 4.92. The van der Waals surface area contributed by atoms with E-state index in [9.17, 15) is 14.4 Å². The lowest BCUT2D eigenvalue weighted by atomic mass is 9.84.